The maximum atomic E-state index is 11.7. The summed E-state index contributed by atoms with van der Waals surface area (Å²) in [5.41, 5.74) is 5.55. The van der Waals surface area contributed by atoms with E-state index >= 15 is 0 Å². The lowest BCUT2D eigenvalue weighted by Gasteiger charge is -2.34. The number of rotatable bonds is 3. The number of nitrogens with two attached hydrogens (primary N) is 1. The van der Waals surface area contributed by atoms with Gasteiger partial charge < -0.3 is 10.6 Å². The average Bonchev–Trinajstić information content (AvgIpc) is 2.15. The summed E-state index contributed by atoms with van der Waals surface area (Å²) in [6, 6.07) is 0.0213. The van der Waals surface area contributed by atoms with Gasteiger partial charge in [0.05, 0.1) is 0 Å². The molecule has 0 aromatic rings. The fraction of sp³-hybridized carbons (Fsp3) is 0.889. The summed E-state index contributed by atoms with van der Waals surface area (Å²) in [4.78, 5) is 13.3. The highest BCUT2D eigenvalue weighted by Crippen LogP contribution is 2.16. The summed E-state index contributed by atoms with van der Waals surface area (Å²) < 4.78 is 22.0. The summed E-state index contributed by atoms with van der Waals surface area (Å²) >= 11 is 0. The second kappa shape index (κ2) is 6.42. The molecule has 2 N–H and O–H groups in total. The number of piperidine rings is 1. The first kappa shape index (κ1) is 15.7. The minimum absolute atomic E-state index is 0. The molecule has 5 nitrogen and oxygen atoms in total. The van der Waals surface area contributed by atoms with Crippen LogP contribution >= 0.6 is 12.4 Å². The Morgan fingerprint density at radius 1 is 1.44 bits per heavy atom. The minimum atomic E-state index is -3.24. The van der Waals surface area contributed by atoms with E-state index in [1.165, 1.54) is 0 Å². The van der Waals surface area contributed by atoms with Crippen LogP contribution in [0.15, 0.2) is 0 Å². The van der Waals surface area contributed by atoms with Gasteiger partial charge in [0.25, 0.3) is 0 Å². The van der Waals surface area contributed by atoms with E-state index in [0.29, 0.717) is 13.1 Å². The molecule has 0 saturated carbocycles. The van der Waals surface area contributed by atoms with Crippen molar-refractivity contribution in [2.24, 2.45) is 5.73 Å². The molecule has 0 radical (unpaired) electrons. The molecule has 1 amide bonds. The second-order valence-electron chi connectivity index (χ2n) is 4.04. The topological polar surface area (TPSA) is 80.5 Å². The van der Waals surface area contributed by atoms with Gasteiger partial charge in [-0.05, 0) is 19.3 Å². The number of sulfone groups is 1. The molecule has 1 atom stereocenters. The Morgan fingerprint density at radius 2 is 2.06 bits per heavy atom. The summed E-state index contributed by atoms with van der Waals surface area (Å²) in [6.07, 6.45) is 3.95. The predicted molar refractivity (Wildman–Crippen MR) is 65.4 cm³/mol. The Kier molecular flexibility index (Phi) is 6.28. The zero-order valence-electron chi connectivity index (χ0n) is 9.39. The van der Waals surface area contributed by atoms with Crippen LogP contribution in [0.2, 0.25) is 0 Å². The van der Waals surface area contributed by atoms with Crippen LogP contribution in [0.25, 0.3) is 0 Å². The van der Waals surface area contributed by atoms with Crippen LogP contribution in [0.1, 0.15) is 19.3 Å². The molecule has 16 heavy (non-hydrogen) atoms. The van der Waals surface area contributed by atoms with Crippen LogP contribution in [-0.2, 0) is 14.6 Å². The normalized spacial score (nSPS) is 21.4. The van der Waals surface area contributed by atoms with Crippen LogP contribution in [-0.4, -0.2) is 50.4 Å². The van der Waals surface area contributed by atoms with Crippen molar-refractivity contribution in [2.45, 2.75) is 25.3 Å². The van der Waals surface area contributed by atoms with E-state index in [1.54, 1.807) is 4.90 Å². The van der Waals surface area contributed by atoms with Gasteiger partial charge in [-0.25, -0.2) is 8.42 Å². The molecule has 1 fully saturated rings. The summed E-state index contributed by atoms with van der Waals surface area (Å²) in [7, 11) is -3.24. The van der Waals surface area contributed by atoms with Crippen molar-refractivity contribution >= 4 is 28.2 Å². The van der Waals surface area contributed by atoms with E-state index in [1.807, 2.05) is 0 Å². The summed E-state index contributed by atoms with van der Waals surface area (Å²) in [5, 5.41) is 0. The molecule has 96 valence electrons. The summed E-state index contributed by atoms with van der Waals surface area (Å²) in [6.45, 7) is 1.05. The van der Waals surface area contributed by atoms with Crippen LogP contribution in [0.5, 0.6) is 0 Å². The van der Waals surface area contributed by atoms with Gasteiger partial charge in [-0.1, -0.05) is 0 Å². The third-order valence-electron chi connectivity index (χ3n) is 2.61. The van der Waals surface area contributed by atoms with Crippen LogP contribution in [0.4, 0.5) is 0 Å². The Hall–Kier alpha value is -0.330. The lowest BCUT2D eigenvalue weighted by atomic mass is 10.0. The Bertz CT molecular complexity index is 332. The number of nitrogens with zero attached hydrogens (tertiary/aromatic N) is 1. The fourth-order valence-corrected chi connectivity index (χ4v) is 2.50. The standard InChI is InChI=1S/C9H18N2O3S.ClH/c1-15(13,14)7-9(12)11-5-3-2-4-8(11)6-10;/h8H,2-7,10H2,1H3;1H. The monoisotopic (exact) mass is 270 g/mol. The Morgan fingerprint density at radius 3 is 2.56 bits per heavy atom. The van der Waals surface area contributed by atoms with Crippen molar-refractivity contribution in [2.75, 3.05) is 25.1 Å². The molecular weight excluding hydrogens is 252 g/mol. The van der Waals surface area contributed by atoms with Gasteiger partial charge in [-0.15, -0.1) is 12.4 Å². The zero-order chi connectivity index (χ0) is 11.5. The van der Waals surface area contributed by atoms with Gasteiger partial charge in [-0.3, -0.25) is 4.79 Å². The predicted octanol–water partition coefficient (Wildman–Crippen LogP) is -0.207. The molecule has 1 unspecified atom stereocenters. The van der Waals surface area contributed by atoms with E-state index in [4.69, 9.17) is 5.73 Å². The molecule has 1 rings (SSSR count). The zero-order valence-corrected chi connectivity index (χ0v) is 11.0. The highest BCUT2D eigenvalue weighted by molar-refractivity contribution is 7.91. The third kappa shape index (κ3) is 4.67. The molecule has 0 bridgehead atoms. The van der Waals surface area contributed by atoms with Gasteiger partial charge >= 0.3 is 0 Å². The highest BCUT2D eigenvalue weighted by Gasteiger charge is 2.27. The van der Waals surface area contributed by atoms with Crippen molar-refractivity contribution in [1.82, 2.24) is 4.90 Å². The average molecular weight is 271 g/mol. The molecule has 7 heteroatoms. The molecular formula is C9H19ClN2O3S. The van der Waals surface area contributed by atoms with Crippen molar-refractivity contribution in [3.8, 4) is 0 Å². The van der Waals surface area contributed by atoms with Gasteiger partial charge in [-0.2, -0.15) is 0 Å². The molecule has 1 aliphatic heterocycles. The minimum Gasteiger partial charge on any atom is -0.338 e. The van der Waals surface area contributed by atoms with Gasteiger partial charge in [0, 0.05) is 25.4 Å². The smallest absolute Gasteiger partial charge is 0.238 e. The number of amides is 1. The van der Waals surface area contributed by atoms with E-state index in [0.717, 1.165) is 25.5 Å². The quantitative estimate of drug-likeness (QED) is 0.770. The maximum Gasteiger partial charge on any atom is 0.238 e. The van der Waals surface area contributed by atoms with Crippen molar-refractivity contribution in [3.63, 3.8) is 0 Å². The number of carbonyl (C=O) groups excluding carboxylic acids is 1. The van der Waals surface area contributed by atoms with E-state index in [2.05, 4.69) is 0 Å². The first-order valence-corrected chi connectivity index (χ1v) is 7.17. The molecule has 1 saturated heterocycles. The van der Waals surface area contributed by atoms with E-state index < -0.39 is 15.6 Å². The van der Waals surface area contributed by atoms with Gasteiger partial charge in [0.2, 0.25) is 5.91 Å². The SMILES string of the molecule is CS(=O)(=O)CC(=O)N1CCCCC1CN.Cl. The number of hydrogen-bond donors (Lipinski definition) is 1. The van der Waals surface area contributed by atoms with Crippen molar-refractivity contribution in [3.05, 3.63) is 0 Å². The molecule has 0 aromatic heterocycles. The molecule has 0 aliphatic carbocycles. The van der Waals surface area contributed by atoms with Gasteiger partial charge in [0.1, 0.15) is 5.75 Å². The number of carbonyl (C=O) groups is 1. The molecule has 1 heterocycles. The fourth-order valence-electron chi connectivity index (χ4n) is 1.88. The van der Waals surface area contributed by atoms with Crippen LogP contribution in [0, 0.1) is 0 Å². The van der Waals surface area contributed by atoms with Crippen LogP contribution in [0.3, 0.4) is 0 Å². The number of halogens is 1. The third-order valence-corrected chi connectivity index (χ3v) is 3.38. The highest BCUT2D eigenvalue weighted by atomic mass is 35.5. The van der Waals surface area contributed by atoms with Crippen molar-refractivity contribution in [1.29, 1.82) is 0 Å². The largest absolute Gasteiger partial charge is 0.338 e. The number of likely N-dealkylation sites (tertiary alicyclic amines) is 1. The molecule has 0 aromatic carbocycles. The van der Waals surface area contributed by atoms with E-state index in [9.17, 15) is 13.2 Å². The van der Waals surface area contributed by atoms with Crippen molar-refractivity contribution < 1.29 is 13.2 Å². The van der Waals surface area contributed by atoms with E-state index in [-0.39, 0.29) is 24.4 Å². The first-order chi connectivity index (χ1) is 6.94. The molecule has 0 spiro atoms. The Balaban J connectivity index is 0.00000225. The van der Waals surface area contributed by atoms with Crippen LogP contribution < -0.4 is 5.73 Å². The lowest BCUT2D eigenvalue weighted by Crippen LogP contribution is -2.49. The Labute approximate surface area is 103 Å². The number of hydrogen-bond acceptors (Lipinski definition) is 4. The summed E-state index contributed by atoms with van der Waals surface area (Å²) in [5.74, 6) is -0.712. The van der Waals surface area contributed by atoms with Gasteiger partial charge in [0.15, 0.2) is 9.84 Å². The second-order valence-corrected chi connectivity index (χ2v) is 6.18. The first-order valence-electron chi connectivity index (χ1n) is 5.11. The lowest BCUT2D eigenvalue weighted by molar-refractivity contribution is -0.131. The molecule has 1 aliphatic rings. The maximum absolute atomic E-state index is 11.7.